The summed E-state index contributed by atoms with van der Waals surface area (Å²) in [6, 6.07) is 14.9. The molecule has 0 aliphatic carbocycles. The van der Waals surface area contributed by atoms with Crippen LogP contribution in [-0.4, -0.2) is 15.6 Å². The third-order valence-corrected chi connectivity index (χ3v) is 3.03. The van der Waals surface area contributed by atoms with Gasteiger partial charge in [-0.2, -0.15) is 0 Å². The van der Waals surface area contributed by atoms with E-state index in [9.17, 15) is 0 Å². The number of fused-ring (bicyclic) bond motifs is 1. The fourth-order valence-electron chi connectivity index (χ4n) is 2.02. The lowest BCUT2D eigenvalue weighted by atomic mass is 10.2. The highest BCUT2D eigenvalue weighted by atomic mass is 16.5. The number of anilines is 1. The van der Waals surface area contributed by atoms with Crippen LogP contribution in [0.2, 0.25) is 0 Å². The molecule has 0 spiro atoms. The Morgan fingerprint density at radius 2 is 1.85 bits per heavy atom. The van der Waals surface area contributed by atoms with Gasteiger partial charge in [-0.1, -0.05) is 29.8 Å². The van der Waals surface area contributed by atoms with Gasteiger partial charge in [0.25, 0.3) is 0 Å². The molecule has 0 saturated carbocycles. The van der Waals surface area contributed by atoms with Gasteiger partial charge in [0.15, 0.2) is 0 Å². The third-order valence-electron chi connectivity index (χ3n) is 3.03. The van der Waals surface area contributed by atoms with E-state index < -0.39 is 0 Å². The van der Waals surface area contributed by atoms with E-state index in [4.69, 9.17) is 15.9 Å². The second-order valence-corrected chi connectivity index (χ2v) is 4.51. The van der Waals surface area contributed by atoms with Gasteiger partial charge in [-0.15, -0.1) is 0 Å². The SMILES string of the molecule is Cc1ccc(OC(=N)n2c(N)nc3ccccc32)cc1. The standard InChI is InChI=1S/C15H14N4O/c1-10-6-8-11(9-7-10)20-15(17)19-13-5-3-2-4-12(13)18-14(19)16/h2-9,17H,1H3,(H2,16,18). The minimum absolute atomic E-state index is 0.0694. The Bertz CT molecular complexity index is 774. The van der Waals surface area contributed by atoms with Crippen LogP contribution >= 0.6 is 0 Å². The number of aryl methyl sites for hydroxylation is 1. The van der Waals surface area contributed by atoms with Crippen molar-refractivity contribution in [3.05, 3.63) is 54.1 Å². The first-order chi connectivity index (χ1) is 9.65. The predicted molar refractivity (Wildman–Crippen MR) is 79.1 cm³/mol. The number of para-hydroxylation sites is 2. The van der Waals surface area contributed by atoms with Crippen LogP contribution in [0.1, 0.15) is 5.56 Å². The number of hydrogen-bond acceptors (Lipinski definition) is 4. The topological polar surface area (TPSA) is 76.9 Å². The van der Waals surface area contributed by atoms with Gasteiger partial charge >= 0.3 is 6.02 Å². The molecule has 0 atom stereocenters. The molecule has 0 aliphatic heterocycles. The summed E-state index contributed by atoms with van der Waals surface area (Å²) in [5.74, 6) is 0.834. The number of aromatic nitrogens is 2. The maximum Gasteiger partial charge on any atom is 0.301 e. The van der Waals surface area contributed by atoms with Crippen LogP contribution in [0.3, 0.4) is 0 Å². The molecule has 0 unspecified atom stereocenters. The van der Waals surface area contributed by atoms with Gasteiger partial charge in [0.05, 0.1) is 11.0 Å². The molecular formula is C15H14N4O. The number of imidazole rings is 1. The van der Waals surface area contributed by atoms with Crippen molar-refractivity contribution in [2.24, 2.45) is 0 Å². The molecule has 0 saturated heterocycles. The van der Waals surface area contributed by atoms with E-state index in [1.165, 1.54) is 4.57 Å². The highest BCUT2D eigenvalue weighted by Gasteiger charge is 2.13. The number of nitrogens with zero attached hydrogens (tertiary/aromatic N) is 2. The number of hydrogen-bond donors (Lipinski definition) is 2. The number of rotatable bonds is 1. The van der Waals surface area contributed by atoms with Gasteiger partial charge in [0.1, 0.15) is 5.75 Å². The molecule has 3 aromatic rings. The second-order valence-electron chi connectivity index (χ2n) is 4.51. The van der Waals surface area contributed by atoms with Crippen molar-refractivity contribution < 1.29 is 4.74 Å². The van der Waals surface area contributed by atoms with Crippen molar-refractivity contribution in [3.8, 4) is 5.75 Å². The lowest BCUT2D eigenvalue weighted by Gasteiger charge is -2.09. The van der Waals surface area contributed by atoms with E-state index in [1.54, 1.807) is 0 Å². The monoisotopic (exact) mass is 266 g/mol. The summed E-state index contributed by atoms with van der Waals surface area (Å²) in [4.78, 5) is 4.21. The maximum atomic E-state index is 8.08. The van der Waals surface area contributed by atoms with Crippen LogP contribution < -0.4 is 10.5 Å². The maximum absolute atomic E-state index is 8.08. The molecule has 0 bridgehead atoms. The van der Waals surface area contributed by atoms with Crippen LogP contribution in [-0.2, 0) is 0 Å². The summed E-state index contributed by atoms with van der Waals surface area (Å²) in [5, 5.41) is 8.08. The van der Waals surface area contributed by atoms with Crippen molar-refractivity contribution >= 4 is 23.0 Å². The molecule has 3 rings (SSSR count). The van der Waals surface area contributed by atoms with Gasteiger partial charge in [-0.05, 0) is 31.2 Å². The average molecular weight is 266 g/mol. The molecule has 0 aliphatic rings. The lowest BCUT2D eigenvalue weighted by molar-refractivity contribution is 0.522. The van der Waals surface area contributed by atoms with Crippen LogP contribution in [0, 0.1) is 12.3 Å². The summed E-state index contributed by atoms with van der Waals surface area (Å²) in [6.07, 6.45) is 0. The molecule has 2 aromatic carbocycles. The number of ether oxygens (including phenoxy) is 1. The molecule has 0 radical (unpaired) electrons. The molecule has 0 amide bonds. The third kappa shape index (κ3) is 2.09. The van der Waals surface area contributed by atoms with E-state index in [0.29, 0.717) is 5.75 Å². The van der Waals surface area contributed by atoms with Crippen molar-refractivity contribution in [1.29, 1.82) is 5.41 Å². The fourth-order valence-corrected chi connectivity index (χ4v) is 2.02. The Balaban J connectivity index is 1.96. The largest absolute Gasteiger partial charge is 0.426 e. The normalized spacial score (nSPS) is 10.7. The van der Waals surface area contributed by atoms with Gasteiger partial charge in [0, 0.05) is 0 Å². The molecule has 3 N–H and O–H groups in total. The second kappa shape index (κ2) is 4.70. The predicted octanol–water partition coefficient (Wildman–Crippen LogP) is 2.79. The molecular weight excluding hydrogens is 252 g/mol. The first kappa shape index (κ1) is 12.2. The van der Waals surface area contributed by atoms with Gasteiger partial charge in [-0.3, -0.25) is 5.41 Å². The Kier molecular flexibility index (Phi) is 2.87. The molecule has 1 heterocycles. The van der Waals surface area contributed by atoms with Crippen LogP contribution in [0.25, 0.3) is 11.0 Å². The highest BCUT2D eigenvalue weighted by molar-refractivity contribution is 5.91. The molecule has 0 fully saturated rings. The minimum Gasteiger partial charge on any atom is -0.426 e. The molecule has 1 aromatic heterocycles. The average Bonchev–Trinajstić information content (AvgIpc) is 2.77. The van der Waals surface area contributed by atoms with Crippen LogP contribution in [0.15, 0.2) is 48.5 Å². The molecule has 5 nitrogen and oxygen atoms in total. The summed E-state index contributed by atoms with van der Waals surface area (Å²) in [5.41, 5.74) is 8.49. The van der Waals surface area contributed by atoms with E-state index in [0.717, 1.165) is 16.6 Å². The van der Waals surface area contributed by atoms with Crippen molar-refractivity contribution in [2.45, 2.75) is 6.92 Å². The fraction of sp³-hybridized carbons (Fsp3) is 0.0667. The molecule has 5 heteroatoms. The molecule has 100 valence electrons. The van der Waals surface area contributed by atoms with Gasteiger partial charge < -0.3 is 10.5 Å². The van der Waals surface area contributed by atoms with E-state index in [2.05, 4.69) is 4.98 Å². The van der Waals surface area contributed by atoms with Crippen molar-refractivity contribution in [1.82, 2.24) is 9.55 Å². The Hall–Kier alpha value is -2.82. The van der Waals surface area contributed by atoms with Crippen molar-refractivity contribution in [2.75, 3.05) is 5.73 Å². The highest BCUT2D eigenvalue weighted by Crippen LogP contribution is 2.19. The lowest BCUT2D eigenvalue weighted by Crippen LogP contribution is -2.19. The van der Waals surface area contributed by atoms with Crippen LogP contribution in [0.4, 0.5) is 5.95 Å². The first-order valence-electron chi connectivity index (χ1n) is 6.21. The number of benzene rings is 2. The number of nitrogens with two attached hydrogens (primary N) is 1. The smallest absolute Gasteiger partial charge is 0.301 e. The van der Waals surface area contributed by atoms with E-state index in [-0.39, 0.29) is 12.0 Å². The number of nitrogens with one attached hydrogen (secondary N) is 1. The quantitative estimate of drug-likeness (QED) is 0.525. The summed E-state index contributed by atoms with van der Waals surface area (Å²) in [7, 11) is 0. The van der Waals surface area contributed by atoms with E-state index in [1.807, 2.05) is 55.5 Å². The zero-order valence-electron chi connectivity index (χ0n) is 11.0. The van der Waals surface area contributed by atoms with Crippen LogP contribution in [0.5, 0.6) is 5.75 Å². The summed E-state index contributed by atoms with van der Waals surface area (Å²) >= 11 is 0. The first-order valence-corrected chi connectivity index (χ1v) is 6.21. The summed E-state index contributed by atoms with van der Waals surface area (Å²) < 4.78 is 7.01. The Morgan fingerprint density at radius 3 is 2.60 bits per heavy atom. The Morgan fingerprint density at radius 1 is 1.15 bits per heavy atom. The zero-order valence-corrected chi connectivity index (χ0v) is 11.0. The molecule has 20 heavy (non-hydrogen) atoms. The van der Waals surface area contributed by atoms with Gasteiger partial charge in [-0.25, -0.2) is 9.55 Å². The summed E-state index contributed by atoms with van der Waals surface area (Å²) in [6.45, 7) is 2.00. The van der Waals surface area contributed by atoms with Gasteiger partial charge in [0.2, 0.25) is 5.95 Å². The number of nitrogen functional groups attached to an aromatic ring is 1. The zero-order chi connectivity index (χ0) is 14.1. The Labute approximate surface area is 116 Å². The van der Waals surface area contributed by atoms with E-state index >= 15 is 0 Å². The minimum atomic E-state index is -0.0694. The van der Waals surface area contributed by atoms with Crippen molar-refractivity contribution in [3.63, 3.8) is 0 Å².